The SMILES string of the molecule is CCCN(CC)c1cnc(CNCC(C)C)cn1. The molecule has 0 aliphatic heterocycles. The first-order chi connectivity index (χ1) is 8.67. The van der Waals surface area contributed by atoms with Crippen LogP contribution in [-0.2, 0) is 6.54 Å². The van der Waals surface area contributed by atoms with Gasteiger partial charge in [-0.2, -0.15) is 0 Å². The summed E-state index contributed by atoms with van der Waals surface area (Å²) in [4.78, 5) is 11.2. The monoisotopic (exact) mass is 250 g/mol. The Labute approximate surface area is 111 Å². The van der Waals surface area contributed by atoms with Crippen LogP contribution in [0.3, 0.4) is 0 Å². The van der Waals surface area contributed by atoms with E-state index in [0.29, 0.717) is 5.92 Å². The van der Waals surface area contributed by atoms with Crippen molar-refractivity contribution in [2.24, 2.45) is 5.92 Å². The Balaban J connectivity index is 2.50. The third kappa shape index (κ3) is 5.00. The van der Waals surface area contributed by atoms with E-state index in [0.717, 1.165) is 44.1 Å². The van der Waals surface area contributed by atoms with Gasteiger partial charge in [-0.05, 0) is 25.8 Å². The standard InChI is InChI=1S/C14H26N4/c1-5-7-18(6-2)14-11-16-13(10-17-14)9-15-8-12(3)4/h10-12,15H,5-9H2,1-4H3. The van der Waals surface area contributed by atoms with Crippen LogP contribution in [0.15, 0.2) is 12.4 Å². The first-order valence-corrected chi connectivity index (χ1v) is 6.93. The summed E-state index contributed by atoms with van der Waals surface area (Å²) in [7, 11) is 0. The van der Waals surface area contributed by atoms with Crippen molar-refractivity contribution in [2.45, 2.75) is 40.7 Å². The maximum atomic E-state index is 4.49. The van der Waals surface area contributed by atoms with E-state index in [-0.39, 0.29) is 0 Å². The number of nitrogens with zero attached hydrogens (tertiary/aromatic N) is 3. The van der Waals surface area contributed by atoms with Gasteiger partial charge in [0.25, 0.3) is 0 Å². The van der Waals surface area contributed by atoms with Crippen molar-refractivity contribution in [3.8, 4) is 0 Å². The Morgan fingerprint density at radius 3 is 2.50 bits per heavy atom. The third-order valence-electron chi connectivity index (χ3n) is 2.75. The fourth-order valence-electron chi connectivity index (χ4n) is 1.80. The first kappa shape index (κ1) is 14.9. The summed E-state index contributed by atoms with van der Waals surface area (Å²) in [6, 6.07) is 0. The normalized spacial score (nSPS) is 10.9. The van der Waals surface area contributed by atoms with Crippen LogP contribution in [0.25, 0.3) is 0 Å². The zero-order valence-electron chi connectivity index (χ0n) is 12.1. The summed E-state index contributed by atoms with van der Waals surface area (Å²) in [6.45, 7) is 12.6. The van der Waals surface area contributed by atoms with Crippen LogP contribution in [-0.4, -0.2) is 29.6 Å². The van der Waals surface area contributed by atoms with Crippen LogP contribution in [0.1, 0.15) is 39.8 Å². The second-order valence-electron chi connectivity index (χ2n) is 4.97. The topological polar surface area (TPSA) is 41.1 Å². The second kappa shape index (κ2) is 8.03. The van der Waals surface area contributed by atoms with E-state index in [1.165, 1.54) is 0 Å². The van der Waals surface area contributed by atoms with Gasteiger partial charge in [0, 0.05) is 19.6 Å². The maximum absolute atomic E-state index is 4.49. The van der Waals surface area contributed by atoms with Gasteiger partial charge >= 0.3 is 0 Å². The number of hydrogen-bond acceptors (Lipinski definition) is 4. The van der Waals surface area contributed by atoms with Gasteiger partial charge in [-0.1, -0.05) is 20.8 Å². The fraction of sp³-hybridized carbons (Fsp3) is 0.714. The Morgan fingerprint density at radius 2 is 2.00 bits per heavy atom. The summed E-state index contributed by atoms with van der Waals surface area (Å²) in [5.41, 5.74) is 1.01. The predicted molar refractivity (Wildman–Crippen MR) is 76.8 cm³/mol. The van der Waals surface area contributed by atoms with E-state index in [2.05, 4.69) is 47.9 Å². The predicted octanol–water partition coefficient (Wildman–Crippen LogP) is 2.46. The van der Waals surface area contributed by atoms with Gasteiger partial charge in [-0.15, -0.1) is 0 Å². The van der Waals surface area contributed by atoms with Gasteiger partial charge in [-0.3, -0.25) is 4.98 Å². The minimum atomic E-state index is 0.664. The molecule has 0 aromatic carbocycles. The average molecular weight is 250 g/mol. The summed E-state index contributed by atoms with van der Waals surface area (Å²) >= 11 is 0. The van der Waals surface area contributed by atoms with Gasteiger partial charge in [0.2, 0.25) is 0 Å². The molecule has 0 saturated heterocycles. The minimum Gasteiger partial charge on any atom is -0.356 e. The Hall–Kier alpha value is -1.16. The molecule has 0 fully saturated rings. The van der Waals surface area contributed by atoms with Crippen molar-refractivity contribution < 1.29 is 0 Å². The lowest BCUT2D eigenvalue weighted by Crippen LogP contribution is -2.25. The molecule has 0 unspecified atom stereocenters. The molecule has 0 bridgehead atoms. The van der Waals surface area contributed by atoms with E-state index in [1.807, 2.05) is 12.4 Å². The molecule has 0 aliphatic rings. The van der Waals surface area contributed by atoms with Crippen molar-refractivity contribution in [3.05, 3.63) is 18.1 Å². The molecule has 0 atom stereocenters. The number of anilines is 1. The van der Waals surface area contributed by atoms with Crippen LogP contribution < -0.4 is 10.2 Å². The molecule has 18 heavy (non-hydrogen) atoms. The van der Waals surface area contributed by atoms with Gasteiger partial charge < -0.3 is 10.2 Å². The van der Waals surface area contributed by atoms with Crippen molar-refractivity contribution in [1.82, 2.24) is 15.3 Å². The first-order valence-electron chi connectivity index (χ1n) is 6.93. The summed E-state index contributed by atoms with van der Waals surface area (Å²) in [6.07, 6.45) is 4.89. The molecular formula is C14H26N4. The van der Waals surface area contributed by atoms with Crippen molar-refractivity contribution >= 4 is 5.82 Å². The molecule has 4 nitrogen and oxygen atoms in total. The summed E-state index contributed by atoms with van der Waals surface area (Å²) < 4.78 is 0. The average Bonchev–Trinajstić information content (AvgIpc) is 2.36. The van der Waals surface area contributed by atoms with Crippen LogP contribution in [0.2, 0.25) is 0 Å². The lowest BCUT2D eigenvalue weighted by atomic mass is 10.2. The number of rotatable bonds is 8. The molecule has 0 amide bonds. The molecular weight excluding hydrogens is 224 g/mol. The molecule has 1 aromatic heterocycles. The molecule has 1 rings (SSSR count). The highest BCUT2D eigenvalue weighted by Gasteiger charge is 2.05. The molecule has 0 saturated carbocycles. The van der Waals surface area contributed by atoms with Gasteiger partial charge in [0.15, 0.2) is 0 Å². The van der Waals surface area contributed by atoms with Crippen molar-refractivity contribution in [1.29, 1.82) is 0 Å². The molecule has 1 aromatic rings. The fourth-order valence-corrected chi connectivity index (χ4v) is 1.80. The van der Waals surface area contributed by atoms with E-state index in [1.54, 1.807) is 0 Å². The van der Waals surface area contributed by atoms with Crippen LogP contribution in [0.4, 0.5) is 5.82 Å². The van der Waals surface area contributed by atoms with E-state index in [4.69, 9.17) is 0 Å². The smallest absolute Gasteiger partial charge is 0.147 e. The van der Waals surface area contributed by atoms with E-state index >= 15 is 0 Å². The van der Waals surface area contributed by atoms with Crippen molar-refractivity contribution in [3.63, 3.8) is 0 Å². The lowest BCUT2D eigenvalue weighted by Gasteiger charge is -2.20. The third-order valence-corrected chi connectivity index (χ3v) is 2.75. The molecule has 1 N–H and O–H groups in total. The summed E-state index contributed by atoms with van der Waals surface area (Å²) in [5, 5.41) is 3.37. The lowest BCUT2D eigenvalue weighted by molar-refractivity contribution is 0.547. The summed E-state index contributed by atoms with van der Waals surface area (Å²) in [5.74, 6) is 1.64. The molecule has 0 radical (unpaired) electrons. The highest BCUT2D eigenvalue weighted by molar-refractivity contribution is 5.35. The highest BCUT2D eigenvalue weighted by Crippen LogP contribution is 2.09. The van der Waals surface area contributed by atoms with Crippen molar-refractivity contribution in [2.75, 3.05) is 24.5 Å². The maximum Gasteiger partial charge on any atom is 0.147 e. The van der Waals surface area contributed by atoms with Crippen LogP contribution in [0, 0.1) is 5.92 Å². The van der Waals surface area contributed by atoms with Gasteiger partial charge in [0.1, 0.15) is 5.82 Å². The molecule has 0 spiro atoms. The van der Waals surface area contributed by atoms with Crippen LogP contribution >= 0.6 is 0 Å². The van der Waals surface area contributed by atoms with E-state index in [9.17, 15) is 0 Å². The molecule has 1 heterocycles. The minimum absolute atomic E-state index is 0.664. The number of hydrogen-bond donors (Lipinski definition) is 1. The number of aromatic nitrogens is 2. The Morgan fingerprint density at radius 1 is 1.22 bits per heavy atom. The second-order valence-corrected chi connectivity index (χ2v) is 4.97. The Kier molecular flexibility index (Phi) is 6.65. The van der Waals surface area contributed by atoms with Gasteiger partial charge in [0.05, 0.1) is 18.1 Å². The number of nitrogens with one attached hydrogen (secondary N) is 1. The van der Waals surface area contributed by atoms with Crippen LogP contribution in [0.5, 0.6) is 0 Å². The molecule has 102 valence electrons. The van der Waals surface area contributed by atoms with Gasteiger partial charge in [-0.25, -0.2) is 4.98 Å². The molecule has 4 heteroatoms. The zero-order chi connectivity index (χ0) is 13.4. The largest absolute Gasteiger partial charge is 0.356 e. The zero-order valence-corrected chi connectivity index (χ0v) is 12.1. The quantitative estimate of drug-likeness (QED) is 0.769. The highest BCUT2D eigenvalue weighted by atomic mass is 15.2. The molecule has 0 aliphatic carbocycles. The Bertz CT molecular complexity index is 321. The van der Waals surface area contributed by atoms with E-state index < -0.39 is 0 Å².